The fraction of sp³-hybridized carbons (Fsp3) is 0.643. The minimum absolute atomic E-state index is 0.452. The summed E-state index contributed by atoms with van der Waals surface area (Å²) >= 11 is 5.82. The van der Waals surface area contributed by atoms with E-state index < -0.39 is 0 Å². The molecule has 2 atom stereocenters. The van der Waals surface area contributed by atoms with E-state index in [1.807, 2.05) is 12.3 Å². The Balaban J connectivity index is 1.69. The van der Waals surface area contributed by atoms with Crippen LogP contribution >= 0.6 is 11.6 Å². The number of hydrogen-bond acceptors (Lipinski definition) is 3. The fourth-order valence-corrected chi connectivity index (χ4v) is 3.22. The Labute approximate surface area is 113 Å². The molecule has 0 radical (unpaired) electrons. The van der Waals surface area contributed by atoms with Gasteiger partial charge in [-0.15, -0.1) is 0 Å². The lowest BCUT2D eigenvalue weighted by atomic mass is 9.90. The number of halogens is 1. The van der Waals surface area contributed by atoms with Gasteiger partial charge in [-0.05, 0) is 24.5 Å². The van der Waals surface area contributed by atoms with Gasteiger partial charge in [0.1, 0.15) is 5.15 Å². The average Bonchev–Trinajstić information content (AvgIpc) is 2.42. The van der Waals surface area contributed by atoms with Crippen molar-refractivity contribution in [2.45, 2.75) is 44.4 Å². The molecule has 0 aromatic carbocycles. The summed E-state index contributed by atoms with van der Waals surface area (Å²) in [6.45, 7) is 2.86. The molecule has 2 aliphatic rings. The second kappa shape index (κ2) is 5.55. The van der Waals surface area contributed by atoms with E-state index in [2.05, 4.69) is 16.0 Å². The van der Waals surface area contributed by atoms with Crippen LogP contribution in [0.1, 0.15) is 31.2 Å². The lowest BCUT2D eigenvalue weighted by Crippen LogP contribution is -2.52. The number of pyridine rings is 1. The summed E-state index contributed by atoms with van der Waals surface area (Å²) in [7, 11) is 0. The Morgan fingerprint density at radius 2 is 2.22 bits per heavy atom. The highest BCUT2D eigenvalue weighted by Crippen LogP contribution is 2.29. The first-order valence-corrected chi connectivity index (χ1v) is 7.17. The first kappa shape index (κ1) is 12.4. The number of ether oxygens (including phenoxy) is 1. The first-order valence-electron chi connectivity index (χ1n) is 6.79. The predicted molar refractivity (Wildman–Crippen MR) is 71.7 cm³/mol. The van der Waals surface area contributed by atoms with Crippen molar-refractivity contribution in [1.29, 1.82) is 0 Å². The number of rotatable bonds is 2. The average molecular weight is 267 g/mol. The Bertz CT molecular complexity index is 393. The summed E-state index contributed by atoms with van der Waals surface area (Å²) in [4.78, 5) is 6.71. The molecule has 1 aromatic heterocycles. The van der Waals surface area contributed by atoms with E-state index in [4.69, 9.17) is 16.3 Å². The van der Waals surface area contributed by atoms with Gasteiger partial charge in [0.15, 0.2) is 0 Å². The van der Waals surface area contributed by atoms with Crippen LogP contribution in [-0.2, 0) is 11.3 Å². The second-order valence-electron chi connectivity index (χ2n) is 5.22. The van der Waals surface area contributed by atoms with E-state index in [1.165, 1.54) is 31.2 Å². The van der Waals surface area contributed by atoms with Gasteiger partial charge in [0.05, 0.1) is 12.7 Å². The molecule has 0 N–H and O–H groups in total. The maximum atomic E-state index is 5.89. The molecule has 1 saturated carbocycles. The van der Waals surface area contributed by atoms with Crippen molar-refractivity contribution < 1.29 is 4.74 Å². The standard InChI is InChI=1S/C14H19ClN2O/c15-14-6-5-11(9-16-14)10-17-7-8-18-13-4-2-1-3-12(13)17/h5-6,9,12-13H,1-4,7-8,10H2. The summed E-state index contributed by atoms with van der Waals surface area (Å²) in [6, 6.07) is 4.54. The van der Waals surface area contributed by atoms with E-state index in [0.29, 0.717) is 17.3 Å². The molecule has 1 aliphatic carbocycles. The summed E-state index contributed by atoms with van der Waals surface area (Å²) < 4.78 is 5.89. The van der Waals surface area contributed by atoms with Crippen LogP contribution in [0.25, 0.3) is 0 Å². The number of nitrogens with zero attached hydrogens (tertiary/aromatic N) is 2. The number of fused-ring (bicyclic) bond motifs is 1. The molecular weight excluding hydrogens is 248 g/mol. The van der Waals surface area contributed by atoms with Crippen LogP contribution in [0.4, 0.5) is 0 Å². The van der Waals surface area contributed by atoms with Gasteiger partial charge in [0.25, 0.3) is 0 Å². The Kier molecular flexibility index (Phi) is 3.83. The van der Waals surface area contributed by atoms with Gasteiger partial charge in [-0.1, -0.05) is 30.5 Å². The first-order chi connectivity index (χ1) is 8.83. The summed E-state index contributed by atoms with van der Waals surface area (Å²) in [5, 5.41) is 0.566. The monoisotopic (exact) mass is 266 g/mol. The molecular formula is C14H19ClN2O. The molecule has 0 amide bonds. The van der Waals surface area contributed by atoms with Crippen LogP contribution in [0.15, 0.2) is 18.3 Å². The van der Waals surface area contributed by atoms with Crippen molar-refractivity contribution in [3.05, 3.63) is 29.0 Å². The Morgan fingerprint density at radius 3 is 3.06 bits per heavy atom. The predicted octanol–water partition coefficient (Wildman–Crippen LogP) is 2.88. The molecule has 2 unspecified atom stereocenters. The van der Waals surface area contributed by atoms with Gasteiger partial charge in [-0.2, -0.15) is 0 Å². The minimum Gasteiger partial charge on any atom is -0.375 e. The molecule has 1 aromatic rings. The molecule has 3 rings (SSSR count). The van der Waals surface area contributed by atoms with Gasteiger partial charge >= 0.3 is 0 Å². The molecule has 0 spiro atoms. The normalized spacial score (nSPS) is 28.9. The third-order valence-electron chi connectivity index (χ3n) is 4.02. The van der Waals surface area contributed by atoms with Crippen molar-refractivity contribution in [3.63, 3.8) is 0 Å². The quantitative estimate of drug-likeness (QED) is 0.770. The smallest absolute Gasteiger partial charge is 0.129 e. The van der Waals surface area contributed by atoms with Crippen molar-refractivity contribution >= 4 is 11.6 Å². The van der Waals surface area contributed by atoms with Gasteiger partial charge in [-0.3, -0.25) is 4.90 Å². The van der Waals surface area contributed by atoms with Crippen LogP contribution < -0.4 is 0 Å². The van der Waals surface area contributed by atoms with Gasteiger partial charge in [0.2, 0.25) is 0 Å². The third kappa shape index (κ3) is 2.68. The minimum atomic E-state index is 0.452. The summed E-state index contributed by atoms with van der Waals surface area (Å²) in [5.74, 6) is 0. The topological polar surface area (TPSA) is 25.4 Å². The molecule has 98 valence electrons. The molecule has 1 saturated heterocycles. The van der Waals surface area contributed by atoms with Crippen LogP contribution in [0.3, 0.4) is 0 Å². The van der Waals surface area contributed by atoms with E-state index in [-0.39, 0.29) is 0 Å². The van der Waals surface area contributed by atoms with E-state index in [1.54, 1.807) is 0 Å². The van der Waals surface area contributed by atoms with E-state index in [9.17, 15) is 0 Å². The van der Waals surface area contributed by atoms with Crippen molar-refractivity contribution in [1.82, 2.24) is 9.88 Å². The molecule has 18 heavy (non-hydrogen) atoms. The maximum absolute atomic E-state index is 5.89. The van der Waals surface area contributed by atoms with Crippen molar-refractivity contribution in [3.8, 4) is 0 Å². The SMILES string of the molecule is Clc1ccc(CN2CCOC3CCCCC32)cn1. The maximum Gasteiger partial charge on any atom is 0.129 e. The zero-order chi connectivity index (χ0) is 12.4. The lowest BCUT2D eigenvalue weighted by Gasteiger charge is -2.43. The van der Waals surface area contributed by atoms with E-state index >= 15 is 0 Å². The molecule has 2 fully saturated rings. The van der Waals surface area contributed by atoms with Crippen molar-refractivity contribution in [2.24, 2.45) is 0 Å². The van der Waals surface area contributed by atoms with Gasteiger partial charge in [-0.25, -0.2) is 4.98 Å². The fourth-order valence-electron chi connectivity index (χ4n) is 3.11. The molecule has 2 heterocycles. The van der Waals surface area contributed by atoms with Gasteiger partial charge in [0, 0.05) is 25.3 Å². The highest BCUT2D eigenvalue weighted by molar-refractivity contribution is 6.29. The number of aromatic nitrogens is 1. The highest BCUT2D eigenvalue weighted by Gasteiger charge is 2.33. The lowest BCUT2D eigenvalue weighted by molar-refractivity contribution is -0.0911. The zero-order valence-electron chi connectivity index (χ0n) is 10.5. The largest absolute Gasteiger partial charge is 0.375 e. The summed E-state index contributed by atoms with van der Waals surface area (Å²) in [5.41, 5.74) is 1.24. The highest BCUT2D eigenvalue weighted by atomic mass is 35.5. The van der Waals surface area contributed by atoms with Crippen LogP contribution in [-0.4, -0.2) is 35.2 Å². The molecule has 3 nitrogen and oxygen atoms in total. The Hall–Kier alpha value is -0.640. The number of hydrogen-bond donors (Lipinski definition) is 0. The van der Waals surface area contributed by atoms with Gasteiger partial charge < -0.3 is 4.74 Å². The molecule has 0 bridgehead atoms. The van der Waals surface area contributed by atoms with E-state index in [0.717, 1.165) is 19.7 Å². The van der Waals surface area contributed by atoms with Crippen LogP contribution in [0.2, 0.25) is 5.15 Å². The number of morpholine rings is 1. The summed E-state index contributed by atoms with van der Waals surface area (Å²) in [6.07, 6.45) is 7.48. The van der Waals surface area contributed by atoms with Crippen LogP contribution in [0.5, 0.6) is 0 Å². The Morgan fingerprint density at radius 1 is 1.33 bits per heavy atom. The molecule has 4 heteroatoms. The second-order valence-corrected chi connectivity index (χ2v) is 5.61. The molecule has 1 aliphatic heterocycles. The third-order valence-corrected chi connectivity index (χ3v) is 4.25. The zero-order valence-corrected chi connectivity index (χ0v) is 11.3. The van der Waals surface area contributed by atoms with Crippen molar-refractivity contribution in [2.75, 3.05) is 13.2 Å². The van der Waals surface area contributed by atoms with Crippen LogP contribution in [0, 0.1) is 0 Å².